The number of ether oxygens (including phenoxy) is 2. The normalized spacial score (nSPS) is 9.50. The molecule has 1 aromatic carbocycles. The summed E-state index contributed by atoms with van der Waals surface area (Å²) in [5.74, 6) is -0.967. The van der Waals surface area contributed by atoms with Gasteiger partial charge >= 0.3 is 12.0 Å². The monoisotopic (exact) mass is 280 g/mol. The number of imide groups is 1. The average molecular weight is 280 g/mol. The van der Waals surface area contributed by atoms with Gasteiger partial charge in [0.05, 0.1) is 7.11 Å². The molecule has 0 aliphatic carbocycles. The molecule has 0 heterocycles. The summed E-state index contributed by atoms with van der Waals surface area (Å²) in [6.45, 7) is 1.75. The van der Waals surface area contributed by atoms with Gasteiger partial charge in [-0.15, -0.1) is 0 Å². The Morgan fingerprint density at radius 2 is 1.90 bits per heavy atom. The fraction of sp³-hybridized carbons (Fsp3) is 0.308. The van der Waals surface area contributed by atoms with Gasteiger partial charge in [-0.1, -0.05) is 12.1 Å². The molecule has 2 N–H and O–H groups in total. The maximum Gasteiger partial charge on any atom is 0.341 e. The van der Waals surface area contributed by atoms with Gasteiger partial charge in [0, 0.05) is 6.54 Å². The molecule has 0 saturated heterocycles. The van der Waals surface area contributed by atoms with E-state index in [0.717, 1.165) is 0 Å². The number of rotatable bonds is 5. The molecule has 7 nitrogen and oxygen atoms in total. The number of hydrogen-bond donors (Lipinski definition) is 2. The van der Waals surface area contributed by atoms with E-state index < -0.39 is 17.9 Å². The molecule has 0 radical (unpaired) electrons. The van der Waals surface area contributed by atoms with Crippen LogP contribution >= 0.6 is 0 Å². The Morgan fingerprint density at radius 1 is 1.20 bits per heavy atom. The van der Waals surface area contributed by atoms with Crippen LogP contribution in [0.4, 0.5) is 4.79 Å². The molecule has 0 aliphatic heterocycles. The van der Waals surface area contributed by atoms with Crippen LogP contribution in [0.2, 0.25) is 0 Å². The van der Waals surface area contributed by atoms with Crippen LogP contribution < -0.4 is 15.4 Å². The molecule has 7 heteroatoms. The van der Waals surface area contributed by atoms with Crippen LogP contribution in [-0.4, -0.2) is 38.2 Å². The number of urea groups is 1. The van der Waals surface area contributed by atoms with Crippen LogP contribution in [-0.2, 0) is 9.53 Å². The van der Waals surface area contributed by atoms with Gasteiger partial charge in [-0.3, -0.25) is 10.1 Å². The van der Waals surface area contributed by atoms with Gasteiger partial charge in [-0.05, 0) is 19.1 Å². The van der Waals surface area contributed by atoms with E-state index in [2.05, 4.69) is 15.4 Å². The third-order valence-electron chi connectivity index (χ3n) is 2.24. The van der Waals surface area contributed by atoms with Gasteiger partial charge in [0.2, 0.25) is 0 Å². The minimum Gasteiger partial charge on any atom is -0.483 e. The van der Waals surface area contributed by atoms with Crippen LogP contribution in [0.15, 0.2) is 24.3 Å². The van der Waals surface area contributed by atoms with E-state index in [-0.39, 0.29) is 17.9 Å². The molecule has 0 spiro atoms. The van der Waals surface area contributed by atoms with Crippen LogP contribution in [0.5, 0.6) is 5.75 Å². The summed E-state index contributed by atoms with van der Waals surface area (Å²) in [4.78, 5) is 34.0. The van der Waals surface area contributed by atoms with Crippen molar-refractivity contribution in [2.24, 2.45) is 0 Å². The van der Waals surface area contributed by atoms with Gasteiger partial charge in [-0.25, -0.2) is 9.59 Å². The summed E-state index contributed by atoms with van der Waals surface area (Å²) in [7, 11) is 1.25. The maximum atomic E-state index is 11.5. The maximum absolute atomic E-state index is 11.5. The lowest BCUT2D eigenvalue weighted by Crippen LogP contribution is -2.41. The topological polar surface area (TPSA) is 93.7 Å². The SMILES string of the molecule is CCNC(=O)NC(=O)COc1ccccc1C(=O)OC. The molecule has 0 aliphatic rings. The van der Waals surface area contributed by atoms with E-state index in [9.17, 15) is 14.4 Å². The highest BCUT2D eigenvalue weighted by Gasteiger charge is 2.14. The summed E-state index contributed by atoms with van der Waals surface area (Å²) < 4.78 is 9.80. The Morgan fingerprint density at radius 3 is 2.55 bits per heavy atom. The highest BCUT2D eigenvalue weighted by atomic mass is 16.5. The number of carbonyl (C=O) groups excluding carboxylic acids is 3. The van der Waals surface area contributed by atoms with Gasteiger partial charge in [0.1, 0.15) is 11.3 Å². The van der Waals surface area contributed by atoms with E-state index in [4.69, 9.17) is 4.74 Å². The molecule has 1 aromatic rings. The van der Waals surface area contributed by atoms with Gasteiger partial charge in [-0.2, -0.15) is 0 Å². The Bertz CT molecular complexity index is 501. The minimum atomic E-state index is -0.615. The number of methoxy groups -OCH3 is 1. The summed E-state index contributed by atoms with van der Waals surface area (Å²) in [5, 5.41) is 4.50. The molecule has 0 atom stereocenters. The Kier molecular flexibility index (Phi) is 6.02. The molecular formula is C13H16N2O5. The van der Waals surface area contributed by atoms with Crippen molar-refractivity contribution in [1.29, 1.82) is 0 Å². The predicted octanol–water partition coefficient (Wildman–Crippen LogP) is 0.698. The van der Waals surface area contributed by atoms with Crippen LogP contribution in [0.1, 0.15) is 17.3 Å². The fourth-order valence-corrected chi connectivity index (χ4v) is 1.38. The van der Waals surface area contributed by atoms with Gasteiger partial charge in [0.15, 0.2) is 6.61 Å². The van der Waals surface area contributed by atoms with Crippen molar-refractivity contribution in [3.63, 3.8) is 0 Å². The van der Waals surface area contributed by atoms with Crippen LogP contribution in [0.3, 0.4) is 0 Å². The number of nitrogens with one attached hydrogen (secondary N) is 2. The summed E-state index contributed by atoms with van der Waals surface area (Å²) >= 11 is 0. The smallest absolute Gasteiger partial charge is 0.341 e. The van der Waals surface area contributed by atoms with Gasteiger partial charge in [0.25, 0.3) is 5.91 Å². The minimum absolute atomic E-state index is 0.209. The highest BCUT2D eigenvalue weighted by Crippen LogP contribution is 2.18. The molecule has 0 aromatic heterocycles. The first-order valence-electron chi connectivity index (χ1n) is 5.96. The first kappa shape index (κ1) is 15.5. The number of amides is 3. The van der Waals surface area contributed by atoms with Crippen LogP contribution in [0, 0.1) is 0 Å². The van der Waals surface area contributed by atoms with E-state index in [1.54, 1.807) is 19.1 Å². The second-order valence-electron chi connectivity index (χ2n) is 3.68. The first-order valence-corrected chi connectivity index (χ1v) is 5.96. The van der Waals surface area contributed by atoms with E-state index in [1.807, 2.05) is 0 Å². The second kappa shape index (κ2) is 7.78. The van der Waals surface area contributed by atoms with Crippen molar-refractivity contribution in [2.45, 2.75) is 6.92 Å². The Hall–Kier alpha value is -2.57. The second-order valence-corrected chi connectivity index (χ2v) is 3.68. The van der Waals surface area contributed by atoms with Crippen molar-refractivity contribution < 1.29 is 23.9 Å². The first-order chi connectivity index (χ1) is 9.58. The standard InChI is InChI=1S/C13H16N2O5/c1-3-14-13(18)15-11(16)8-20-10-7-5-4-6-9(10)12(17)19-2/h4-7H,3,8H2,1-2H3,(H2,14,15,16,18). The molecule has 0 saturated carbocycles. The van der Waals surface area contributed by atoms with E-state index >= 15 is 0 Å². The molecular weight excluding hydrogens is 264 g/mol. The van der Waals surface area contributed by atoms with Crippen LogP contribution in [0.25, 0.3) is 0 Å². The van der Waals surface area contributed by atoms with E-state index in [1.165, 1.54) is 19.2 Å². The highest BCUT2D eigenvalue weighted by molar-refractivity contribution is 5.95. The lowest BCUT2D eigenvalue weighted by Gasteiger charge is -2.10. The third-order valence-corrected chi connectivity index (χ3v) is 2.24. The number of hydrogen-bond acceptors (Lipinski definition) is 5. The quantitative estimate of drug-likeness (QED) is 0.774. The Balaban J connectivity index is 2.59. The molecule has 3 amide bonds. The molecule has 20 heavy (non-hydrogen) atoms. The zero-order valence-corrected chi connectivity index (χ0v) is 11.3. The van der Waals surface area contributed by atoms with Crippen molar-refractivity contribution in [1.82, 2.24) is 10.6 Å². The fourth-order valence-electron chi connectivity index (χ4n) is 1.38. The Labute approximate surface area is 116 Å². The van der Waals surface area contributed by atoms with Gasteiger partial charge < -0.3 is 14.8 Å². The number of benzene rings is 1. The average Bonchev–Trinajstić information content (AvgIpc) is 2.44. The number of carbonyl (C=O) groups is 3. The molecule has 1 rings (SSSR count). The number of para-hydroxylation sites is 1. The molecule has 0 fully saturated rings. The molecule has 0 unspecified atom stereocenters. The third kappa shape index (κ3) is 4.60. The van der Waals surface area contributed by atoms with E-state index in [0.29, 0.717) is 6.54 Å². The summed E-state index contributed by atoms with van der Waals surface area (Å²) in [6, 6.07) is 5.76. The summed E-state index contributed by atoms with van der Waals surface area (Å²) in [5.41, 5.74) is 0.209. The van der Waals surface area contributed by atoms with Crippen molar-refractivity contribution in [3.8, 4) is 5.75 Å². The lowest BCUT2D eigenvalue weighted by atomic mass is 10.2. The zero-order chi connectivity index (χ0) is 15.0. The van der Waals surface area contributed by atoms with Crippen molar-refractivity contribution in [2.75, 3.05) is 20.3 Å². The largest absolute Gasteiger partial charge is 0.483 e. The molecule has 108 valence electrons. The zero-order valence-electron chi connectivity index (χ0n) is 11.3. The predicted molar refractivity (Wildman–Crippen MR) is 70.5 cm³/mol. The lowest BCUT2D eigenvalue weighted by molar-refractivity contribution is -0.122. The van der Waals surface area contributed by atoms with Crippen molar-refractivity contribution in [3.05, 3.63) is 29.8 Å². The summed E-state index contributed by atoms with van der Waals surface area (Å²) in [6.07, 6.45) is 0. The number of esters is 1. The molecule has 0 bridgehead atoms. The van der Waals surface area contributed by atoms with Crippen molar-refractivity contribution >= 4 is 17.9 Å².